The number of rotatable bonds is 4. The summed E-state index contributed by atoms with van der Waals surface area (Å²) in [7, 11) is 0. The molecule has 88 valence electrons. The molecule has 0 atom stereocenters. The van der Waals surface area contributed by atoms with E-state index in [0.29, 0.717) is 18.5 Å². The number of H-pyrrole nitrogens is 1. The van der Waals surface area contributed by atoms with E-state index in [4.69, 9.17) is 0 Å². The quantitative estimate of drug-likeness (QED) is 0.772. The molecule has 0 unspecified atom stereocenters. The average Bonchev–Trinajstić information content (AvgIpc) is 2.69. The van der Waals surface area contributed by atoms with Crippen molar-refractivity contribution in [1.29, 1.82) is 0 Å². The van der Waals surface area contributed by atoms with Crippen LogP contribution in [-0.4, -0.2) is 28.7 Å². The summed E-state index contributed by atoms with van der Waals surface area (Å²) in [4.78, 5) is 28.8. The predicted molar refractivity (Wildman–Crippen MR) is 63.9 cm³/mol. The molecule has 5 heteroatoms. The van der Waals surface area contributed by atoms with E-state index in [0.717, 1.165) is 23.1 Å². The van der Waals surface area contributed by atoms with Gasteiger partial charge in [0.1, 0.15) is 12.1 Å². The molecule has 0 fully saturated rings. The molecular formula is C12H13N3O2. The van der Waals surface area contributed by atoms with E-state index < -0.39 is 0 Å². The van der Waals surface area contributed by atoms with Gasteiger partial charge < -0.3 is 10.3 Å². The number of aromatic nitrogens is 2. The maximum Gasteiger partial charge on any atom is 0.216 e. The molecular weight excluding hydrogens is 218 g/mol. The van der Waals surface area contributed by atoms with Gasteiger partial charge in [-0.3, -0.25) is 9.59 Å². The summed E-state index contributed by atoms with van der Waals surface area (Å²) in [5, 5.41) is 2.71. The Labute approximate surface area is 98.2 Å². The van der Waals surface area contributed by atoms with Gasteiger partial charge in [0, 0.05) is 25.5 Å². The number of carbonyl (C=O) groups excluding carboxylic acids is 2. The van der Waals surface area contributed by atoms with Crippen molar-refractivity contribution in [3.8, 4) is 0 Å². The molecule has 1 aromatic heterocycles. The summed E-state index contributed by atoms with van der Waals surface area (Å²) in [6, 6.07) is 5.29. The van der Waals surface area contributed by atoms with Crippen LogP contribution in [0.2, 0.25) is 0 Å². The number of nitrogens with zero attached hydrogens (tertiary/aromatic N) is 1. The zero-order valence-electron chi connectivity index (χ0n) is 9.49. The SMILES string of the molecule is CC(=O)NCCc1nc2ccc(C=O)cc2[nH]1. The normalized spacial score (nSPS) is 10.4. The van der Waals surface area contributed by atoms with E-state index in [1.807, 2.05) is 0 Å². The summed E-state index contributed by atoms with van der Waals surface area (Å²) < 4.78 is 0. The van der Waals surface area contributed by atoms with Crippen molar-refractivity contribution in [3.05, 3.63) is 29.6 Å². The predicted octanol–water partition coefficient (Wildman–Crippen LogP) is 1.05. The van der Waals surface area contributed by atoms with Crippen molar-refractivity contribution in [2.75, 3.05) is 6.54 Å². The lowest BCUT2D eigenvalue weighted by Gasteiger charge is -1.97. The van der Waals surface area contributed by atoms with Crippen LogP contribution < -0.4 is 5.32 Å². The summed E-state index contributed by atoms with van der Waals surface area (Å²) in [6.07, 6.45) is 1.45. The molecule has 0 aliphatic carbocycles. The van der Waals surface area contributed by atoms with Crippen LogP contribution in [-0.2, 0) is 11.2 Å². The van der Waals surface area contributed by atoms with Crippen LogP contribution in [0.3, 0.4) is 0 Å². The first-order valence-electron chi connectivity index (χ1n) is 5.37. The minimum absolute atomic E-state index is 0.0515. The van der Waals surface area contributed by atoms with E-state index in [9.17, 15) is 9.59 Å². The fraction of sp³-hybridized carbons (Fsp3) is 0.250. The molecule has 0 bridgehead atoms. The molecule has 0 radical (unpaired) electrons. The van der Waals surface area contributed by atoms with Gasteiger partial charge >= 0.3 is 0 Å². The van der Waals surface area contributed by atoms with Gasteiger partial charge in [0.15, 0.2) is 0 Å². The third-order valence-electron chi connectivity index (χ3n) is 2.43. The minimum Gasteiger partial charge on any atom is -0.356 e. The van der Waals surface area contributed by atoms with Crippen molar-refractivity contribution in [2.24, 2.45) is 0 Å². The summed E-state index contributed by atoms with van der Waals surface area (Å²) >= 11 is 0. The molecule has 17 heavy (non-hydrogen) atoms. The third kappa shape index (κ3) is 2.69. The lowest BCUT2D eigenvalue weighted by atomic mass is 10.2. The molecule has 2 aromatic rings. The summed E-state index contributed by atoms with van der Waals surface area (Å²) in [5.74, 6) is 0.751. The second-order valence-corrected chi connectivity index (χ2v) is 3.81. The first kappa shape index (κ1) is 11.3. The Kier molecular flexibility index (Phi) is 3.18. The Bertz CT molecular complexity index is 560. The van der Waals surface area contributed by atoms with Gasteiger partial charge in [-0.15, -0.1) is 0 Å². The van der Waals surface area contributed by atoms with Gasteiger partial charge in [-0.25, -0.2) is 4.98 Å². The van der Waals surface area contributed by atoms with Crippen LogP contribution in [0.15, 0.2) is 18.2 Å². The number of hydrogen-bond acceptors (Lipinski definition) is 3. The number of hydrogen-bond donors (Lipinski definition) is 2. The first-order valence-corrected chi connectivity index (χ1v) is 5.37. The van der Waals surface area contributed by atoms with Crippen LogP contribution in [0.1, 0.15) is 23.1 Å². The fourth-order valence-electron chi connectivity index (χ4n) is 1.63. The van der Waals surface area contributed by atoms with Gasteiger partial charge in [0.25, 0.3) is 0 Å². The molecule has 0 spiro atoms. The van der Waals surface area contributed by atoms with E-state index in [2.05, 4.69) is 15.3 Å². The van der Waals surface area contributed by atoms with Crippen molar-refractivity contribution in [3.63, 3.8) is 0 Å². The van der Waals surface area contributed by atoms with Gasteiger partial charge in [-0.05, 0) is 18.2 Å². The molecule has 0 aliphatic rings. The third-order valence-corrected chi connectivity index (χ3v) is 2.43. The Morgan fingerprint density at radius 2 is 2.35 bits per heavy atom. The van der Waals surface area contributed by atoms with E-state index in [1.54, 1.807) is 18.2 Å². The molecule has 1 amide bonds. The van der Waals surface area contributed by atoms with E-state index in [1.165, 1.54) is 6.92 Å². The highest BCUT2D eigenvalue weighted by molar-refractivity contribution is 5.84. The molecule has 2 rings (SSSR count). The second kappa shape index (κ2) is 4.78. The molecule has 0 aliphatic heterocycles. The highest BCUT2D eigenvalue weighted by atomic mass is 16.1. The molecule has 0 saturated carbocycles. The van der Waals surface area contributed by atoms with Crippen molar-refractivity contribution >= 4 is 23.2 Å². The van der Waals surface area contributed by atoms with E-state index in [-0.39, 0.29) is 5.91 Å². The number of nitrogens with one attached hydrogen (secondary N) is 2. The number of fused-ring (bicyclic) bond motifs is 1. The van der Waals surface area contributed by atoms with Gasteiger partial charge in [-0.1, -0.05) is 0 Å². The maximum atomic E-state index is 10.7. The standard InChI is InChI=1S/C12H13N3O2/c1-8(17)13-5-4-12-14-10-3-2-9(7-16)6-11(10)15-12/h2-3,6-7H,4-5H2,1H3,(H,13,17)(H,14,15). The highest BCUT2D eigenvalue weighted by Crippen LogP contribution is 2.12. The van der Waals surface area contributed by atoms with Crippen LogP contribution in [0.4, 0.5) is 0 Å². The topological polar surface area (TPSA) is 74.8 Å². The zero-order chi connectivity index (χ0) is 12.3. The Balaban J connectivity index is 2.14. The smallest absolute Gasteiger partial charge is 0.216 e. The number of aromatic amines is 1. The van der Waals surface area contributed by atoms with Crippen molar-refractivity contribution in [2.45, 2.75) is 13.3 Å². The lowest BCUT2D eigenvalue weighted by Crippen LogP contribution is -2.22. The molecule has 2 N–H and O–H groups in total. The van der Waals surface area contributed by atoms with Crippen molar-refractivity contribution < 1.29 is 9.59 Å². The Morgan fingerprint density at radius 3 is 3.06 bits per heavy atom. The van der Waals surface area contributed by atoms with Crippen LogP contribution in [0.5, 0.6) is 0 Å². The van der Waals surface area contributed by atoms with E-state index >= 15 is 0 Å². The second-order valence-electron chi connectivity index (χ2n) is 3.81. The van der Waals surface area contributed by atoms with Crippen LogP contribution in [0, 0.1) is 0 Å². The zero-order valence-corrected chi connectivity index (χ0v) is 9.49. The van der Waals surface area contributed by atoms with Crippen molar-refractivity contribution in [1.82, 2.24) is 15.3 Å². The van der Waals surface area contributed by atoms with Gasteiger partial charge in [0.05, 0.1) is 11.0 Å². The van der Waals surface area contributed by atoms with Gasteiger partial charge in [-0.2, -0.15) is 0 Å². The monoisotopic (exact) mass is 231 g/mol. The average molecular weight is 231 g/mol. The van der Waals surface area contributed by atoms with Gasteiger partial charge in [0.2, 0.25) is 5.91 Å². The van der Waals surface area contributed by atoms with Crippen LogP contribution >= 0.6 is 0 Å². The largest absolute Gasteiger partial charge is 0.356 e. The lowest BCUT2D eigenvalue weighted by molar-refractivity contribution is -0.118. The first-order chi connectivity index (χ1) is 8.19. The Morgan fingerprint density at radius 1 is 1.53 bits per heavy atom. The highest BCUT2D eigenvalue weighted by Gasteiger charge is 2.03. The number of imidazole rings is 1. The molecule has 1 aromatic carbocycles. The fourth-order valence-corrected chi connectivity index (χ4v) is 1.63. The summed E-state index contributed by atoms with van der Waals surface area (Å²) in [5.41, 5.74) is 2.29. The maximum absolute atomic E-state index is 10.7. The number of benzene rings is 1. The summed E-state index contributed by atoms with van der Waals surface area (Å²) in [6.45, 7) is 2.03. The Hall–Kier alpha value is -2.17. The minimum atomic E-state index is -0.0515. The molecule has 0 saturated heterocycles. The number of amides is 1. The molecule has 5 nitrogen and oxygen atoms in total. The van der Waals surface area contributed by atoms with Crippen LogP contribution in [0.25, 0.3) is 11.0 Å². The molecule has 1 heterocycles. The number of carbonyl (C=O) groups is 2. The number of aldehydes is 1.